The average molecular weight is 461 g/mol. The SMILES string of the molecule is COc1cccc(NC(=O)CSc2nnc(NC(=O)c3cc(OC)cc(OC)c3)s2)c1. The highest BCUT2D eigenvalue weighted by molar-refractivity contribution is 8.01. The third kappa shape index (κ3) is 6.33. The quantitative estimate of drug-likeness (QED) is 0.368. The number of nitrogens with zero attached hydrogens (tertiary/aromatic N) is 2. The predicted octanol–water partition coefficient (Wildman–Crippen LogP) is 3.55. The Balaban J connectivity index is 1.55. The van der Waals surface area contributed by atoms with E-state index in [0.29, 0.717) is 38.0 Å². The zero-order valence-corrected chi connectivity index (χ0v) is 18.6. The molecule has 0 spiro atoms. The van der Waals surface area contributed by atoms with Crippen molar-refractivity contribution in [3.8, 4) is 17.2 Å². The van der Waals surface area contributed by atoms with Gasteiger partial charge in [-0.25, -0.2) is 0 Å². The lowest BCUT2D eigenvalue weighted by Gasteiger charge is -2.07. The number of rotatable bonds is 9. The van der Waals surface area contributed by atoms with E-state index in [1.807, 2.05) is 0 Å². The number of anilines is 2. The van der Waals surface area contributed by atoms with Crippen LogP contribution in [-0.4, -0.2) is 49.1 Å². The highest BCUT2D eigenvalue weighted by Crippen LogP contribution is 2.27. The number of benzene rings is 2. The summed E-state index contributed by atoms with van der Waals surface area (Å²) in [5, 5.41) is 13.8. The molecule has 0 fully saturated rings. The molecule has 0 unspecified atom stereocenters. The van der Waals surface area contributed by atoms with Crippen LogP contribution in [0.5, 0.6) is 17.2 Å². The highest BCUT2D eigenvalue weighted by Gasteiger charge is 2.14. The number of hydrogen-bond donors (Lipinski definition) is 2. The van der Waals surface area contributed by atoms with Crippen molar-refractivity contribution in [2.45, 2.75) is 4.34 Å². The molecule has 0 saturated carbocycles. The zero-order valence-electron chi connectivity index (χ0n) is 17.0. The summed E-state index contributed by atoms with van der Waals surface area (Å²) in [4.78, 5) is 24.7. The van der Waals surface area contributed by atoms with Crippen molar-refractivity contribution in [3.63, 3.8) is 0 Å². The van der Waals surface area contributed by atoms with Crippen molar-refractivity contribution in [2.75, 3.05) is 37.7 Å². The molecule has 2 amide bonds. The van der Waals surface area contributed by atoms with E-state index in [9.17, 15) is 9.59 Å². The van der Waals surface area contributed by atoms with Gasteiger partial charge >= 0.3 is 0 Å². The van der Waals surface area contributed by atoms with Gasteiger partial charge in [-0.1, -0.05) is 29.2 Å². The van der Waals surface area contributed by atoms with Gasteiger partial charge in [0.15, 0.2) is 4.34 Å². The first-order valence-electron chi connectivity index (χ1n) is 8.95. The van der Waals surface area contributed by atoms with Crippen molar-refractivity contribution >= 4 is 45.7 Å². The van der Waals surface area contributed by atoms with Gasteiger partial charge in [0.05, 0.1) is 27.1 Å². The second kappa shape index (κ2) is 10.6. The van der Waals surface area contributed by atoms with Crippen LogP contribution >= 0.6 is 23.1 Å². The summed E-state index contributed by atoms with van der Waals surface area (Å²) in [6, 6.07) is 12.0. The van der Waals surface area contributed by atoms with E-state index in [4.69, 9.17) is 14.2 Å². The number of carbonyl (C=O) groups excluding carboxylic acids is 2. The van der Waals surface area contributed by atoms with E-state index in [1.54, 1.807) is 49.6 Å². The Bertz CT molecular complexity index is 1050. The number of methoxy groups -OCH3 is 3. The fraction of sp³-hybridized carbons (Fsp3) is 0.200. The molecule has 0 aliphatic carbocycles. The minimum Gasteiger partial charge on any atom is -0.497 e. The van der Waals surface area contributed by atoms with E-state index >= 15 is 0 Å². The van der Waals surface area contributed by atoms with E-state index in [2.05, 4.69) is 20.8 Å². The topological polar surface area (TPSA) is 112 Å². The fourth-order valence-electron chi connectivity index (χ4n) is 2.45. The molecule has 0 aliphatic rings. The van der Waals surface area contributed by atoms with Gasteiger partial charge in [0.25, 0.3) is 5.91 Å². The van der Waals surface area contributed by atoms with Crippen LogP contribution in [0.1, 0.15) is 10.4 Å². The van der Waals surface area contributed by atoms with E-state index in [1.165, 1.54) is 37.3 Å². The van der Waals surface area contributed by atoms with Crippen LogP contribution in [0.2, 0.25) is 0 Å². The number of aromatic nitrogens is 2. The summed E-state index contributed by atoms with van der Waals surface area (Å²) >= 11 is 2.40. The number of carbonyl (C=O) groups is 2. The molecule has 3 rings (SSSR count). The van der Waals surface area contributed by atoms with Crippen molar-refractivity contribution in [2.24, 2.45) is 0 Å². The van der Waals surface area contributed by atoms with Gasteiger partial charge in [-0.05, 0) is 24.3 Å². The number of ether oxygens (including phenoxy) is 3. The van der Waals surface area contributed by atoms with Crippen LogP contribution < -0.4 is 24.8 Å². The molecular formula is C20H20N4O5S2. The summed E-state index contributed by atoms with van der Waals surface area (Å²) in [5.74, 6) is 1.24. The smallest absolute Gasteiger partial charge is 0.257 e. The maximum Gasteiger partial charge on any atom is 0.257 e. The monoisotopic (exact) mass is 460 g/mol. The van der Waals surface area contributed by atoms with E-state index in [-0.39, 0.29) is 17.6 Å². The Morgan fingerprint density at radius 3 is 2.32 bits per heavy atom. The van der Waals surface area contributed by atoms with Crippen molar-refractivity contribution in [1.82, 2.24) is 10.2 Å². The maximum absolute atomic E-state index is 12.5. The highest BCUT2D eigenvalue weighted by atomic mass is 32.2. The van der Waals surface area contributed by atoms with Crippen LogP contribution in [0.4, 0.5) is 10.8 Å². The molecule has 31 heavy (non-hydrogen) atoms. The normalized spacial score (nSPS) is 10.3. The molecule has 0 bridgehead atoms. The second-order valence-corrected chi connectivity index (χ2v) is 8.20. The van der Waals surface area contributed by atoms with Crippen molar-refractivity contribution in [3.05, 3.63) is 48.0 Å². The Hall–Kier alpha value is -3.31. The maximum atomic E-state index is 12.5. The molecule has 11 heteroatoms. The largest absolute Gasteiger partial charge is 0.497 e. The molecule has 9 nitrogen and oxygen atoms in total. The molecule has 0 saturated heterocycles. The summed E-state index contributed by atoms with van der Waals surface area (Å²) in [6.45, 7) is 0. The average Bonchev–Trinajstić information content (AvgIpc) is 3.24. The summed E-state index contributed by atoms with van der Waals surface area (Å²) in [7, 11) is 4.58. The molecular weight excluding hydrogens is 440 g/mol. The molecule has 2 N–H and O–H groups in total. The molecule has 1 heterocycles. The first-order chi connectivity index (χ1) is 15.0. The number of thioether (sulfide) groups is 1. The molecule has 162 valence electrons. The fourth-order valence-corrected chi connectivity index (χ4v) is 4.00. The number of nitrogens with one attached hydrogen (secondary N) is 2. The van der Waals surface area contributed by atoms with Crippen LogP contribution in [0.15, 0.2) is 46.8 Å². The molecule has 1 aromatic heterocycles. The van der Waals surface area contributed by atoms with Gasteiger partial charge in [0, 0.05) is 23.4 Å². The zero-order chi connectivity index (χ0) is 22.2. The minimum atomic E-state index is -0.374. The van der Waals surface area contributed by atoms with E-state index < -0.39 is 0 Å². The van der Waals surface area contributed by atoms with Crippen molar-refractivity contribution < 1.29 is 23.8 Å². The van der Waals surface area contributed by atoms with Crippen LogP contribution in [0.25, 0.3) is 0 Å². The molecule has 0 aliphatic heterocycles. The lowest BCUT2D eigenvalue weighted by Crippen LogP contribution is -2.13. The lowest BCUT2D eigenvalue weighted by molar-refractivity contribution is -0.113. The summed E-state index contributed by atoms with van der Waals surface area (Å²) in [5.41, 5.74) is 1.00. The molecule has 3 aromatic rings. The third-order valence-corrected chi connectivity index (χ3v) is 5.89. The molecule has 0 atom stereocenters. The standard InChI is InChI=1S/C20H20N4O5S2/c1-27-14-6-4-5-13(9-14)21-17(25)11-30-20-24-23-19(31-20)22-18(26)12-7-15(28-2)10-16(8-12)29-3/h4-10H,11H2,1-3H3,(H,21,25)(H,22,23,26). The van der Waals surface area contributed by atoms with Crippen LogP contribution in [-0.2, 0) is 4.79 Å². The third-order valence-electron chi connectivity index (χ3n) is 3.92. The van der Waals surface area contributed by atoms with Gasteiger partial charge in [-0.2, -0.15) is 0 Å². The summed E-state index contributed by atoms with van der Waals surface area (Å²) < 4.78 is 16.0. The van der Waals surface area contributed by atoms with Gasteiger partial charge in [0.2, 0.25) is 11.0 Å². The van der Waals surface area contributed by atoms with Crippen molar-refractivity contribution in [1.29, 1.82) is 0 Å². The minimum absolute atomic E-state index is 0.146. The second-order valence-electron chi connectivity index (χ2n) is 6.00. The summed E-state index contributed by atoms with van der Waals surface area (Å²) in [6.07, 6.45) is 0. The van der Waals surface area contributed by atoms with Gasteiger partial charge in [-0.15, -0.1) is 10.2 Å². The number of amides is 2. The lowest BCUT2D eigenvalue weighted by atomic mass is 10.2. The molecule has 0 radical (unpaired) electrons. The first kappa shape index (κ1) is 22.4. The van der Waals surface area contributed by atoms with Gasteiger partial charge in [-0.3, -0.25) is 14.9 Å². The van der Waals surface area contributed by atoms with Gasteiger partial charge in [0.1, 0.15) is 17.2 Å². The Morgan fingerprint density at radius 2 is 1.65 bits per heavy atom. The Labute approximate surface area is 187 Å². The van der Waals surface area contributed by atoms with Crippen LogP contribution in [0.3, 0.4) is 0 Å². The first-order valence-corrected chi connectivity index (χ1v) is 10.8. The van der Waals surface area contributed by atoms with E-state index in [0.717, 1.165) is 0 Å². The number of hydrogen-bond acceptors (Lipinski definition) is 9. The van der Waals surface area contributed by atoms with Crippen LogP contribution in [0, 0.1) is 0 Å². The molecule has 2 aromatic carbocycles. The van der Waals surface area contributed by atoms with Gasteiger partial charge < -0.3 is 19.5 Å². The Morgan fingerprint density at radius 1 is 0.935 bits per heavy atom. The Kier molecular flexibility index (Phi) is 7.68. The predicted molar refractivity (Wildman–Crippen MR) is 120 cm³/mol.